The predicted octanol–water partition coefficient (Wildman–Crippen LogP) is 3.79. The lowest BCUT2D eigenvalue weighted by Gasteiger charge is -2.23. The highest BCUT2D eigenvalue weighted by atomic mass is 16.3. The van der Waals surface area contributed by atoms with Crippen LogP contribution in [0, 0.1) is 0 Å². The van der Waals surface area contributed by atoms with Crippen LogP contribution < -0.4 is 0 Å². The predicted molar refractivity (Wildman–Crippen MR) is 83.7 cm³/mol. The van der Waals surface area contributed by atoms with E-state index in [-0.39, 0.29) is 5.76 Å². The normalized spacial score (nSPS) is 11.6. The summed E-state index contributed by atoms with van der Waals surface area (Å²) in [5.74, 6) is 0.356. The van der Waals surface area contributed by atoms with Crippen LogP contribution in [0.2, 0.25) is 0 Å². The van der Waals surface area contributed by atoms with E-state index in [4.69, 9.17) is 0 Å². The van der Waals surface area contributed by atoms with Crippen molar-refractivity contribution in [2.45, 2.75) is 19.9 Å². The van der Waals surface area contributed by atoms with Gasteiger partial charge in [-0.2, -0.15) is 0 Å². The van der Waals surface area contributed by atoms with Gasteiger partial charge in [0.15, 0.2) is 0 Å². The molecule has 0 aliphatic heterocycles. The molecule has 3 heteroatoms. The molecule has 108 valence electrons. The van der Waals surface area contributed by atoms with Crippen molar-refractivity contribution >= 4 is 0 Å². The summed E-state index contributed by atoms with van der Waals surface area (Å²) in [5, 5.41) is 19.4. The van der Waals surface area contributed by atoms with Crippen molar-refractivity contribution in [3.63, 3.8) is 0 Å². The molecule has 0 bridgehead atoms. The molecule has 1 rings (SSSR count). The maximum absolute atomic E-state index is 9.85. The van der Waals surface area contributed by atoms with Gasteiger partial charge in [0.1, 0.15) is 11.5 Å². The Kier molecular flexibility index (Phi) is 6.60. The van der Waals surface area contributed by atoms with E-state index in [1.54, 1.807) is 18.2 Å². The number of aromatic hydroxyl groups is 1. The minimum atomic E-state index is 0.0586. The van der Waals surface area contributed by atoms with Crippen molar-refractivity contribution in [1.82, 2.24) is 4.90 Å². The molecule has 0 aliphatic rings. The third-order valence-corrected chi connectivity index (χ3v) is 3.01. The fraction of sp³-hybridized carbons (Fsp3) is 0.294. The number of allylic oxidation sites excluding steroid dienone is 2. The van der Waals surface area contributed by atoms with E-state index in [0.29, 0.717) is 18.8 Å². The standard InChI is InChI=1S/C17H23NO2/c1-4-8-15(14(3)19)12-18(11-5-2)13-16-9-6-7-10-17(16)20/h4,6-10,19-20H,1,3,5,11-13H2,2H3/b15-8-. The Labute approximate surface area is 121 Å². The van der Waals surface area contributed by atoms with Crippen LogP contribution in [-0.2, 0) is 6.54 Å². The molecule has 0 spiro atoms. The van der Waals surface area contributed by atoms with E-state index in [0.717, 1.165) is 24.1 Å². The summed E-state index contributed by atoms with van der Waals surface area (Å²) < 4.78 is 0. The topological polar surface area (TPSA) is 43.7 Å². The molecule has 0 heterocycles. The number of nitrogens with zero attached hydrogens (tertiary/aromatic N) is 1. The third-order valence-electron chi connectivity index (χ3n) is 3.01. The third kappa shape index (κ3) is 4.94. The smallest absolute Gasteiger partial charge is 0.120 e. The number of aliphatic hydroxyl groups is 1. The van der Waals surface area contributed by atoms with Crippen LogP contribution in [0.3, 0.4) is 0 Å². The lowest BCUT2D eigenvalue weighted by molar-refractivity contribution is 0.277. The number of aliphatic hydroxyl groups excluding tert-OH is 1. The van der Waals surface area contributed by atoms with Gasteiger partial charge in [-0.05, 0) is 19.0 Å². The quantitative estimate of drug-likeness (QED) is 0.559. The second kappa shape index (κ2) is 8.23. The van der Waals surface area contributed by atoms with Gasteiger partial charge in [-0.3, -0.25) is 4.90 Å². The highest BCUT2D eigenvalue weighted by Gasteiger charge is 2.11. The Bertz CT molecular complexity index is 492. The zero-order valence-electron chi connectivity index (χ0n) is 12.0. The number of phenols is 1. The van der Waals surface area contributed by atoms with Gasteiger partial charge >= 0.3 is 0 Å². The van der Waals surface area contributed by atoms with Crippen molar-refractivity contribution in [1.29, 1.82) is 0 Å². The Balaban J connectivity index is 2.84. The molecule has 0 amide bonds. The van der Waals surface area contributed by atoms with Gasteiger partial charge in [-0.1, -0.05) is 50.4 Å². The zero-order valence-corrected chi connectivity index (χ0v) is 12.0. The Morgan fingerprint density at radius 3 is 2.60 bits per heavy atom. The minimum Gasteiger partial charge on any atom is -0.508 e. The molecule has 3 nitrogen and oxygen atoms in total. The summed E-state index contributed by atoms with van der Waals surface area (Å²) in [5.41, 5.74) is 1.62. The molecule has 2 N–H and O–H groups in total. The first-order valence-electron chi connectivity index (χ1n) is 6.77. The molecule has 0 saturated heterocycles. The van der Waals surface area contributed by atoms with E-state index in [9.17, 15) is 10.2 Å². The Morgan fingerprint density at radius 1 is 1.35 bits per heavy atom. The van der Waals surface area contributed by atoms with E-state index >= 15 is 0 Å². The first-order chi connectivity index (χ1) is 9.58. The largest absolute Gasteiger partial charge is 0.508 e. The van der Waals surface area contributed by atoms with Gasteiger partial charge in [0.25, 0.3) is 0 Å². The van der Waals surface area contributed by atoms with Crippen molar-refractivity contribution in [2.24, 2.45) is 0 Å². The van der Waals surface area contributed by atoms with E-state index in [1.165, 1.54) is 0 Å². The van der Waals surface area contributed by atoms with Crippen molar-refractivity contribution in [3.05, 3.63) is 66.5 Å². The second-order valence-electron chi connectivity index (χ2n) is 4.71. The minimum absolute atomic E-state index is 0.0586. The average molecular weight is 273 g/mol. The van der Waals surface area contributed by atoms with E-state index in [1.807, 2.05) is 18.2 Å². The summed E-state index contributed by atoms with van der Waals surface area (Å²) in [4.78, 5) is 2.16. The van der Waals surface area contributed by atoms with Crippen LogP contribution in [0.1, 0.15) is 18.9 Å². The van der Waals surface area contributed by atoms with Gasteiger partial charge in [-0.15, -0.1) is 0 Å². The molecule has 0 aromatic heterocycles. The molecule has 0 saturated carbocycles. The van der Waals surface area contributed by atoms with Crippen LogP contribution in [0.5, 0.6) is 5.75 Å². The number of rotatable bonds is 8. The molecule has 0 aliphatic carbocycles. The van der Waals surface area contributed by atoms with Crippen molar-refractivity contribution in [2.75, 3.05) is 13.1 Å². The molecule has 20 heavy (non-hydrogen) atoms. The second-order valence-corrected chi connectivity index (χ2v) is 4.71. The van der Waals surface area contributed by atoms with Crippen LogP contribution in [0.4, 0.5) is 0 Å². The van der Waals surface area contributed by atoms with Gasteiger partial charge in [0.2, 0.25) is 0 Å². The maximum Gasteiger partial charge on any atom is 0.120 e. The van der Waals surface area contributed by atoms with Crippen molar-refractivity contribution in [3.8, 4) is 5.75 Å². The highest BCUT2D eigenvalue weighted by molar-refractivity contribution is 5.32. The Morgan fingerprint density at radius 2 is 2.05 bits per heavy atom. The number of para-hydroxylation sites is 1. The van der Waals surface area contributed by atoms with Gasteiger partial charge < -0.3 is 10.2 Å². The molecule has 0 radical (unpaired) electrons. The van der Waals surface area contributed by atoms with Crippen LogP contribution >= 0.6 is 0 Å². The Hall–Kier alpha value is -2.00. The molecular formula is C17H23NO2. The summed E-state index contributed by atoms with van der Waals surface area (Å²) >= 11 is 0. The van der Waals surface area contributed by atoms with Crippen LogP contribution in [0.25, 0.3) is 0 Å². The molecular weight excluding hydrogens is 250 g/mol. The summed E-state index contributed by atoms with van der Waals surface area (Å²) in [6.07, 6.45) is 4.39. The zero-order chi connectivity index (χ0) is 15.0. The van der Waals surface area contributed by atoms with Crippen LogP contribution in [0.15, 0.2) is 60.9 Å². The first kappa shape index (κ1) is 16.1. The summed E-state index contributed by atoms with van der Waals surface area (Å²) in [6.45, 7) is 11.4. The van der Waals surface area contributed by atoms with Gasteiger partial charge in [-0.25, -0.2) is 0 Å². The summed E-state index contributed by atoms with van der Waals surface area (Å²) in [6, 6.07) is 7.31. The molecule has 0 unspecified atom stereocenters. The molecule has 1 aromatic carbocycles. The monoisotopic (exact) mass is 273 g/mol. The highest BCUT2D eigenvalue weighted by Crippen LogP contribution is 2.19. The van der Waals surface area contributed by atoms with Gasteiger partial charge in [0, 0.05) is 24.2 Å². The summed E-state index contributed by atoms with van der Waals surface area (Å²) in [7, 11) is 0. The molecule has 0 atom stereocenters. The first-order valence-corrected chi connectivity index (χ1v) is 6.77. The lowest BCUT2D eigenvalue weighted by atomic mass is 10.1. The van der Waals surface area contributed by atoms with E-state index < -0.39 is 0 Å². The maximum atomic E-state index is 9.85. The molecule has 0 fully saturated rings. The van der Waals surface area contributed by atoms with Crippen LogP contribution in [-0.4, -0.2) is 28.2 Å². The fourth-order valence-electron chi connectivity index (χ4n) is 2.04. The number of benzene rings is 1. The number of hydrogen-bond donors (Lipinski definition) is 2. The fourth-order valence-corrected chi connectivity index (χ4v) is 2.04. The molecule has 1 aromatic rings. The van der Waals surface area contributed by atoms with Crippen molar-refractivity contribution < 1.29 is 10.2 Å². The number of hydrogen-bond acceptors (Lipinski definition) is 3. The number of phenolic OH excluding ortho intramolecular Hbond substituents is 1. The van der Waals surface area contributed by atoms with Gasteiger partial charge in [0.05, 0.1) is 0 Å². The van der Waals surface area contributed by atoms with E-state index in [2.05, 4.69) is 25.0 Å². The SMILES string of the molecule is C=C/C=C(/CN(CCC)Cc1ccccc1O)C(=C)O. The lowest BCUT2D eigenvalue weighted by Crippen LogP contribution is -2.27. The average Bonchev–Trinajstić information content (AvgIpc) is 2.41.